The lowest BCUT2D eigenvalue weighted by molar-refractivity contribution is -0.142. The van der Waals surface area contributed by atoms with Crippen molar-refractivity contribution in [2.45, 2.75) is 26.4 Å². The van der Waals surface area contributed by atoms with Gasteiger partial charge < -0.3 is 10.4 Å². The first-order valence-electron chi connectivity index (χ1n) is 6.46. The molecule has 0 fully saturated rings. The van der Waals surface area contributed by atoms with Gasteiger partial charge in [-0.05, 0) is 30.7 Å². The molecule has 2 N–H and O–H groups in total. The van der Waals surface area contributed by atoms with Crippen molar-refractivity contribution in [2.24, 2.45) is 0 Å². The number of carboxylic acid groups (broad SMARTS) is 1. The van der Waals surface area contributed by atoms with Crippen LogP contribution in [0, 0.1) is 0 Å². The average molecular weight is 333 g/mol. The van der Waals surface area contributed by atoms with E-state index in [9.17, 15) is 9.59 Å². The Morgan fingerprint density at radius 2 is 1.86 bits per heavy atom. The van der Waals surface area contributed by atoms with Crippen molar-refractivity contribution in [1.29, 1.82) is 0 Å². The summed E-state index contributed by atoms with van der Waals surface area (Å²) in [6.07, 6.45) is 0. The second-order valence-electron chi connectivity index (χ2n) is 4.75. The maximum Gasteiger partial charge on any atom is 0.320 e. The van der Waals surface area contributed by atoms with Crippen molar-refractivity contribution >= 4 is 35.1 Å². The number of carbonyl (C=O) groups excluding carboxylic acids is 1. The van der Waals surface area contributed by atoms with Crippen LogP contribution in [0.1, 0.15) is 19.4 Å². The molecule has 1 aromatic rings. The summed E-state index contributed by atoms with van der Waals surface area (Å²) in [5, 5.41) is 12.8. The molecule has 0 aliphatic carbocycles. The minimum Gasteiger partial charge on any atom is -0.480 e. The van der Waals surface area contributed by atoms with Gasteiger partial charge >= 0.3 is 5.97 Å². The Labute approximate surface area is 133 Å². The van der Waals surface area contributed by atoms with Crippen molar-refractivity contribution in [2.75, 3.05) is 13.1 Å². The number of hydrogen-bond acceptors (Lipinski definition) is 3. The molecule has 0 aromatic heterocycles. The molecule has 1 unspecified atom stereocenters. The standard InChI is InChI=1S/C14H18Cl2N2O3/c1-9(14(20)21)18(4-3-17-10(2)19)8-11-5-12(15)7-13(16)6-11/h5-7,9H,3-4,8H2,1-2H3,(H,17,19)(H,20,21). The molecule has 0 aliphatic heterocycles. The Hall–Kier alpha value is -1.30. The fourth-order valence-corrected chi connectivity index (χ4v) is 2.45. The molecule has 21 heavy (non-hydrogen) atoms. The van der Waals surface area contributed by atoms with Crippen molar-refractivity contribution in [3.05, 3.63) is 33.8 Å². The largest absolute Gasteiger partial charge is 0.480 e. The lowest BCUT2D eigenvalue weighted by atomic mass is 10.1. The Balaban J connectivity index is 2.80. The van der Waals surface area contributed by atoms with Gasteiger partial charge in [-0.2, -0.15) is 0 Å². The van der Waals surface area contributed by atoms with Crippen LogP contribution in [0.4, 0.5) is 0 Å². The van der Waals surface area contributed by atoms with E-state index in [0.717, 1.165) is 5.56 Å². The molecule has 116 valence electrons. The van der Waals surface area contributed by atoms with Gasteiger partial charge in [0.2, 0.25) is 5.91 Å². The van der Waals surface area contributed by atoms with Gasteiger partial charge in [0.1, 0.15) is 6.04 Å². The predicted octanol–water partition coefficient (Wildman–Crippen LogP) is 2.40. The van der Waals surface area contributed by atoms with Gasteiger partial charge in [0.15, 0.2) is 0 Å². The molecule has 1 amide bonds. The van der Waals surface area contributed by atoms with Gasteiger partial charge in [0.25, 0.3) is 0 Å². The molecular formula is C14H18Cl2N2O3. The molecular weight excluding hydrogens is 315 g/mol. The van der Waals surface area contributed by atoms with Crippen LogP contribution >= 0.6 is 23.2 Å². The van der Waals surface area contributed by atoms with Crippen molar-refractivity contribution in [3.63, 3.8) is 0 Å². The zero-order valence-corrected chi connectivity index (χ0v) is 13.4. The molecule has 7 heteroatoms. The van der Waals surface area contributed by atoms with Gasteiger partial charge in [-0.3, -0.25) is 14.5 Å². The number of carbonyl (C=O) groups is 2. The number of amides is 1. The van der Waals surface area contributed by atoms with E-state index in [-0.39, 0.29) is 5.91 Å². The molecule has 0 saturated heterocycles. The summed E-state index contributed by atoms with van der Waals surface area (Å²) in [5.41, 5.74) is 0.823. The summed E-state index contributed by atoms with van der Waals surface area (Å²) in [7, 11) is 0. The third kappa shape index (κ3) is 6.33. The van der Waals surface area contributed by atoms with Crippen LogP contribution in [0.25, 0.3) is 0 Å². The van der Waals surface area contributed by atoms with E-state index in [1.54, 1.807) is 30.0 Å². The van der Waals surface area contributed by atoms with Gasteiger partial charge in [-0.15, -0.1) is 0 Å². The fraction of sp³-hybridized carbons (Fsp3) is 0.429. The highest BCUT2D eigenvalue weighted by Gasteiger charge is 2.20. The SMILES string of the molecule is CC(=O)NCCN(Cc1cc(Cl)cc(Cl)c1)C(C)C(=O)O. The van der Waals surface area contributed by atoms with Crippen LogP contribution in [0.3, 0.4) is 0 Å². The van der Waals surface area contributed by atoms with Crippen LogP contribution in [0.15, 0.2) is 18.2 Å². The van der Waals surface area contributed by atoms with Gasteiger partial charge in [0.05, 0.1) is 0 Å². The Morgan fingerprint density at radius 1 is 1.29 bits per heavy atom. The third-order valence-electron chi connectivity index (χ3n) is 2.99. The second kappa shape index (κ2) is 8.22. The summed E-state index contributed by atoms with van der Waals surface area (Å²) in [5.74, 6) is -1.07. The van der Waals surface area contributed by atoms with Crippen molar-refractivity contribution < 1.29 is 14.7 Å². The van der Waals surface area contributed by atoms with E-state index in [1.807, 2.05) is 0 Å². The third-order valence-corrected chi connectivity index (χ3v) is 3.42. The average Bonchev–Trinajstić information content (AvgIpc) is 2.34. The number of nitrogens with one attached hydrogen (secondary N) is 1. The van der Waals surface area contributed by atoms with Crippen LogP contribution in [0.2, 0.25) is 10.0 Å². The Bertz CT molecular complexity index is 503. The second-order valence-corrected chi connectivity index (χ2v) is 5.62. The molecule has 0 spiro atoms. The normalized spacial score (nSPS) is 12.2. The van der Waals surface area contributed by atoms with E-state index in [2.05, 4.69) is 5.32 Å². The Morgan fingerprint density at radius 3 is 2.33 bits per heavy atom. The highest BCUT2D eigenvalue weighted by atomic mass is 35.5. The first-order valence-corrected chi connectivity index (χ1v) is 7.21. The summed E-state index contributed by atoms with van der Waals surface area (Å²) in [6.45, 7) is 4.19. The topological polar surface area (TPSA) is 69.6 Å². The Kier molecular flexibility index (Phi) is 6.95. The predicted molar refractivity (Wildman–Crippen MR) is 82.7 cm³/mol. The van der Waals surface area contributed by atoms with E-state index >= 15 is 0 Å². The molecule has 0 saturated carbocycles. The zero-order chi connectivity index (χ0) is 16.0. The molecule has 1 atom stereocenters. The van der Waals surface area contributed by atoms with Gasteiger partial charge in [0, 0.05) is 36.6 Å². The van der Waals surface area contributed by atoms with Crippen molar-refractivity contribution in [1.82, 2.24) is 10.2 Å². The summed E-state index contributed by atoms with van der Waals surface area (Å²) in [6, 6.07) is 4.42. The van der Waals surface area contributed by atoms with Crippen LogP contribution in [-0.4, -0.2) is 41.0 Å². The number of halogens is 2. The fourth-order valence-electron chi connectivity index (χ4n) is 1.88. The highest BCUT2D eigenvalue weighted by Crippen LogP contribution is 2.20. The van der Waals surface area contributed by atoms with E-state index in [1.165, 1.54) is 6.92 Å². The number of carboxylic acids is 1. The molecule has 5 nitrogen and oxygen atoms in total. The smallest absolute Gasteiger partial charge is 0.320 e. The number of hydrogen-bond donors (Lipinski definition) is 2. The number of nitrogens with zero attached hydrogens (tertiary/aromatic N) is 1. The van der Waals surface area contributed by atoms with Crippen molar-refractivity contribution in [3.8, 4) is 0 Å². The van der Waals surface area contributed by atoms with E-state index in [0.29, 0.717) is 29.7 Å². The van der Waals surface area contributed by atoms with Crippen LogP contribution in [-0.2, 0) is 16.1 Å². The van der Waals surface area contributed by atoms with E-state index in [4.69, 9.17) is 28.3 Å². The number of aliphatic carboxylic acids is 1. The molecule has 0 radical (unpaired) electrons. The lowest BCUT2D eigenvalue weighted by Gasteiger charge is -2.26. The molecule has 0 heterocycles. The zero-order valence-electron chi connectivity index (χ0n) is 11.9. The monoisotopic (exact) mass is 332 g/mol. The molecule has 1 rings (SSSR count). The maximum absolute atomic E-state index is 11.2. The van der Waals surface area contributed by atoms with E-state index < -0.39 is 12.0 Å². The quantitative estimate of drug-likeness (QED) is 0.804. The number of rotatable bonds is 7. The van der Waals surface area contributed by atoms with Gasteiger partial charge in [-0.1, -0.05) is 23.2 Å². The molecule has 1 aromatic carbocycles. The summed E-state index contributed by atoms with van der Waals surface area (Å²) >= 11 is 11.9. The van der Waals surface area contributed by atoms with Crippen LogP contribution < -0.4 is 5.32 Å². The van der Waals surface area contributed by atoms with Gasteiger partial charge in [-0.25, -0.2) is 0 Å². The molecule has 0 aliphatic rings. The maximum atomic E-state index is 11.2. The minimum absolute atomic E-state index is 0.149. The first-order chi connectivity index (χ1) is 9.79. The highest BCUT2D eigenvalue weighted by molar-refractivity contribution is 6.34. The molecule has 0 bridgehead atoms. The lowest BCUT2D eigenvalue weighted by Crippen LogP contribution is -2.42. The minimum atomic E-state index is -0.925. The number of benzene rings is 1. The first kappa shape index (κ1) is 17.8. The summed E-state index contributed by atoms with van der Waals surface area (Å²) < 4.78 is 0. The van der Waals surface area contributed by atoms with Crippen LogP contribution in [0.5, 0.6) is 0 Å². The summed E-state index contributed by atoms with van der Waals surface area (Å²) in [4.78, 5) is 23.8.